The minimum atomic E-state index is 0.00804. The Balaban J connectivity index is 1.51. The molecular weight excluding hydrogens is 370 g/mol. The molecule has 3 rings (SSSR count). The minimum Gasteiger partial charge on any atom is -0.361 e. The monoisotopic (exact) mass is 401 g/mol. The van der Waals surface area contributed by atoms with Crippen molar-refractivity contribution in [2.75, 3.05) is 18.4 Å². The number of carbonyl (C=O) groups is 2. The Morgan fingerprint density at radius 3 is 2.62 bits per heavy atom. The summed E-state index contributed by atoms with van der Waals surface area (Å²) in [6.07, 6.45) is 4.98. The zero-order valence-corrected chi connectivity index (χ0v) is 17.8. The van der Waals surface area contributed by atoms with Crippen LogP contribution in [0.4, 0.5) is 5.82 Å². The van der Waals surface area contributed by atoms with Gasteiger partial charge >= 0.3 is 0 Å². The largest absolute Gasteiger partial charge is 0.361 e. The molecule has 158 valence electrons. The molecule has 0 unspecified atom stereocenters. The molecule has 2 aromatic rings. The molecule has 0 saturated carbocycles. The van der Waals surface area contributed by atoms with Crippen LogP contribution >= 0.6 is 0 Å². The molecule has 1 aliphatic rings. The van der Waals surface area contributed by atoms with E-state index in [2.05, 4.69) is 15.6 Å². The molecule has 1 aliphatic heterocycles. The first kappa shape index (κ1) is 21.1. The maximum atomic E-state index is 12.6. The van der Waals surface area contributed by atoms with E-state index in [9.17, 15) is 9.59 Å². The van der Waals surface area contributed by atoms with Crippen molar-refractivity contribution in [3.8, 4) is 0 Å². The number of likely N-dealkylation sites (tertiary alicyclic amines) is 1. The van der Waals surface area contributed by atoms with Gasteiger partial charge in [-0.25, -0.2) is 4.68 Å². The SMILES string of the molecule is Cc1noc(C)c1CCC(=O)N1CCC(n2nccc2NC(=O)CC(C)C)CC1. The second-order valence-electron chi connectivity index (χ2n) is 8.22. The summed E-state index contributed by atoms with van der Waals surface area (Å²) in [5, 5.41) is 11.3. The predicted octanol–water partition coefficient (Wildman–Crippen LogP) is 3.27. The molecule has 2 amide bonds. The summed E-state index contributed by atoms with van der Waals surface area (Å²) in [6.45, 7) is 9.23. The van der Waals surface area contributed by atoms with Gasteiger partial charge in [-0.1, -0.05) is 19.0 Å². The van der Waals surface area contributed by atoms with E-state index in [1.54, 1.807) is 6.20 Å². The maximum Gasteiger partial charge on any atom is 0.225 e. The van der Waals surface area contributed by atoms with Crippen LogP contribution in [0, 0.1) is 19.8 Å². The highest BCUT2D eigenvalue weighted by Crippen LogP contribution is 2.26. The smallest absolute Gasteiger partial charge is 0.225 e. The number of hydrogen-bond acceptors (Lipinski definition) is 5. The summed E-state index contributed by atoms with van der Waals surface area (Å²) >= 11 is 0. The van der Waals surface area contributed by atoms with Crippen molar-refractivity contribution < 1.29 is 14.1 Å². The number of nitrogens with one attached hydrogen (secondary N) is 1. The second-order valence-corrected chi connectivity index (χ2v) is 8.22. The summed E-state index contributed by atoms with van der Waals surface area (Å²) in [6, 6.07) is 2.02. The summed E-state index contributed by atoms with van der Waals surface area (Å²) in [4.78, 5) is 26.6. The lowest BCUT2D eigenvalue weighted by Gasteiger charge is -2.33. The maximum absolute atomic E-state index is 12.6. The number of piperidine rings is 1. The van der Waals surface area contributed by atoms with E-state index in [0.29, 0.717) is 38.3 Å². The fraction of sp³-hybridized carbons (Fsp3) is 0.619. The van der Waals surface area contributed by atoms with Gasteiger partial charge in [-0.2, -0.15) is 5.10 Å². The third-order valence-electron chi connectivity index (χ3n) is 5.46. The third kappa shape index (κ3) is 5.25. The molecule has 0 bridgehead atoms. The predicted molar refractivity (Wildman–Crippen MR) is 109 cm³/mol. The first-order valence-corrected chi connectivity index (χ1v) is 10.4. The topological polar surface area (TPSA) is 93.3 Å². The molecule has 0 aliphatic carbocycles. The standard InChI is InChI=1S/C21H31N5O3/c1-14(2)13-20(27)23-19-7-10-22-26(19)17-8-11-25(12-9-17)21(28)6-5-18-15(3)24-29-16(18)4/h7,10,14,17H,5-6,8-9,11-13H2,1-4H3,(H,23,27). The molecule has 29 heavy (non-hydrogen) atoms. The van der Waals surface area contributed by atoms with Gasteiger partial charge in [0.1, 0.15) is 11.6 Å². The number of anilines is 1. The number of nitrogens with zero attached hydrogens (tertiary/aromatic N) is 4. The van der Waals surface area contributed by atoms with Crippen molar-refractivity contribution in [3.63, 3.8) is 0 Å². The van der Waals surface area contributed by atoms with E-state index in [1.807, 2.05) is 43.3 Å². The molecule has 1 fully saturated rings. The zero-order valence-electron chi connectivity index (χ0n) is 17.8. The van der Waals surface area contributed by atoms with Gasteiger partial charge in [0, 0.05) is 37.6 Å². The van der Waals surface area contributed by atoms with Crippen LogP contribution in [0.5, 0.6) is 0 Å². The Kier molecular flexibility index (Phi) is 6.71. The van der Waals surface area contributed by atoms with Crippen molar-refractivity contribution in [2.24, 2.45) is 5.92 Å². The Morgan fingerprint density at radius 2 is 2.00 bits per heavy atom. The Morgan fingerprint density at radius 1 is 1.28 bits per heavy atom. The molecule has 0 spiro atoms. The molecule has 2 aromatic heterocycles. The summed E-state index contributed by atoms with van der Waals surface area (Å²) < 4.78 is 7.07. The molecule has 1 N–H and O–H groups in total. The van der Waals surface area contributed by atoms with Crippen LogP contribution in [0.2, 0.25) is 0 Å². The Labute approximate surface area is 171 Å². The van der Waals surface area contributed by atoms with Crippen molar-refractivity contribution in [2.45, 2.75) is 65.8 Å². The number of hydrogen-bond donors (Lipinski definition) is 1. The van der Waals surface area contributed by atoms with Crippen LogP contribution in [-0.2, 0) is 16.0 Å². The molecular formula is C21H31N5O3. The van der Waals surface area contributed by atoms with E-state index in [1.165, 1.54) is 0 Å². The highest BCUT2D eigenvalue weighted by Gasteiger charge is 2.26. The van der Waals surface area contributed by atoms with Crippen LogP contribution in [0.15, 0.2) is 16.8 Å². The Bertz CT molecular complexity index is 827. The highest BCUT2D eigenvalue weighted by atomic mass is 16.5. The molecule has 8 nitrogen and oxygen atoms in total. The highest BCUT2D eigenvalue weighted by molar-refractivity contribution is 5.89. The average Bonchev–Trinajstić information content (AvgIpc) is 3.26. The first-order valence-electron chi connectivity index (χ1n) is 10.4. The van der Waals surface area contributed by atoms with Gasteiger partial charge in [0.25, 0.3) is 0 Å². The van der Waals surface area contributed by atoms with Crippen molar-refractivity contribution >= 4 is 17.6 Å². The lowest BCUT2D eigenvalue weighted by Crippen LogP contribution is -2.39. The van der Waals surface area contributed by atoms with E-state index in [4.69, 9.17) is 4.52 Å². The van der Waals surface area contributed by atoms with Gasteiger partial charge in [-0.15, -0.1) is 0 Å². The lowest BCUT2D eigenvalue weighted by atomic mass is 10.0. The van der Waals surface area contributed by atoms with Crippen LogP contribution in [0.3, 0.4) is 0 Å². The lowest BCUT2D eigenvalue weighted by molar-refractivity contribution is -0.132. The van der Waals surface area contributed by atoms with Gasteiger partial charge in [0.15, 0.2) is 0 Å². The van der Waals surface area contributed by atoms with Gasteiger partial charge in [0.2, 0.25) is 11.8 Å². The summed E-state index contributed by atoms with van der Waals surface area (Å²) in [7, 11) is 0. The van der Waals surface area contributed by atoms with Crippen molar-refractivity contribution in [1.29, 1.82) is 0 Å². The van der Waals surface area contributed by atoms with Gasteiger partial charge in [-0.3, -0.25) is 9.59 Å². The number of rotatable bonds is 7. The van der Waals surface area contributed by atoms with Gasteiger partial charge in [0.05, 0.1) is 17.9 Å². The molecule has 0 radical (unpaired) electrons. The average molecular weight is 402 g/mol. The number of aromatic nitrogens is 3. The van der Waals surface area contributed by atoms with Crippen molar-refractivity contribution in [3.05, 3.63) is 29.3 Å². The molecule has 8 heteroatoms. The van der Waals surface area contributed by atoms with E-state index in [-0.39, 0.29) is 17.9 Å². The van der Waals surface area contributed by atoms with Crippen LogP contribution in [0.25, 0.3) is 0 Å². The molecule has 0 atom stereocenters. The van der Waals surface area contributed by atoms with E-state index in [0.717, 1.165) is 35.7 Å². The molecule has 0 aromatic carbocycles. The molecule has 1 saturated heterocycles. The first-order chi connectivity index (χ1) is 13.8. The van der Waals surface area contributed by atoms with Crippen LogP contribution in [0.1, 0.15) is 62.6 Å². The van der Waals surface area contributed by atoms with E-state index < -0.39 is 0 Å². The van der Waals surface area contributed by atoms with Crippen LogP contribution < -0.4 is 5.32 Å². The van der Waals surface area contributed by atoms with Gasteiger partial charge in [-0.05, 0) is 39.0 Å². The minimum absolute atomic E-state index is 0.00804. The third-order valence-corrected chi connectivity index (χ3v) is 5.46. The normalized spacial score (nSPS) is 15.1. The molecule has 3 heterocycles. The number of aryl methyl sites for hydroxylation is 2. The fourth-order valence-electron chi connectivity index (χ4n) is 3.88. The second kappa shape index (κ2) is 9.24. The Hall–Kier alpha value is -2.64. The zero-order chi connectivity index (χ0) is 21.0. The number of amides is 2. The number of carbonyl (C=O) groups excluding carboxylic acids is 2. The summed E-state index contributed by atoms with van der Waals surface area (Å²) in [5.74, 6) is 2.01. The van der Waals surface area contributed by atoms with E-state index >= 15 is 0 Å². The van der Waals surface area contributed by atoms with Gasteiger partial charge < -0.3 is 14.7 Å². The quantitative estimate of drug-likeness (QED) is 0.768. The fourth-order valence-corrected chi connectivity index (χ4v) is 3.88. The van der Waals surface area contributed by atoms with Crippen molar-refractivity contribution in [1.82, 2.24) is 19.8 Å². The summed E-state index contributed by atoms with van der Waals surface area (Å²) in [5.41, 5.74) is 1.89. The van der Waals surface area contributed by atoms with Crippen LogP contribution in [-0.4, -0.2) is 44.7 Å².